The maximum atomic E-state index is 13.6. The van der Waals surface area contributed by atoms with Gasteiger partial charge in [0.05, 0.1) is 10.2 Å². The molecule has 3 atom stereocenters. The van der Waals surface area contributed by atoms with E-state index in [0.717, 1.165) is 52.5 Å². The number of nitrogens with zero attached hydrogens (tertiary/aromatic N) is 3. The number of benzene rings is 2. The van der Waals surface area contributed by atoms with Crippen LogP contribution < -0.4 is 21.0 Å². The Bertz CT molecular complexity index is 2160. The molecule has 1 saturated carbocycles. The molecule has 0 radical (unpaired) electrons. The quantitative estimate of drug-likeness (QED) is 0.0554. The predicted octanol–water partition coefficient (Wildman–Crippen LogP) is 7.67. The molecule has 2 fully saturated rings. The number of amides is 1. The van der Waals surface area contributed by atoms with Crippen LogP contribution in [0.15, 0.2) is 60.3 Å². The first kappa shape index (κ1) is 39.0. The number of thiazole rings is 1. The predicted molar refractivity (Wildman–Crippen MR) is 227 cm³/mol. The number of rotatable bonds is 12. The summed E-state index contributed by atoms with van der Waals surface area (Å²) in [6.07, 6.45) is 8.66. The number of hydrogen-bond acceptors (Lipinski definition) is 10. The first-order valence-electron chi connectivity index (χ1n) is 19.3. The van der Waals surface area contributed by atoms with E-state index < -0.39 is 13.2 Å². The van der Waals surface area contributed by atoms with Crippen LogP contribution in [-0.2, 0) is 17.8 Å². The van der Waals surface area contributed by atoms with E-state index in [2.05, 4.69) is 53.5 Å². The van der Waals surface area contributed by atoms with Gasteiger partial charge < -0.3 is 4.90 Å². The van der Waals surface area contributed by atoms with E-state index in [-0.39, 0.29) is 28.0 Å². The van der Waals surface area contributed by atoms with E-state index in [4.69, 9.17) is 10.2 Å². The van der Waals surface area contributed by atoms with Gasteiger partial charge in [-0.05, 0) is 35.7 Å². The molecule has 0 spiro atoms. The summed E-state index contributed by atoms with van der Waals surface area (Å²) in [5, 5.41) is 26.0. The number of fused-ring (bicyclic) bond motifs is 4. The van der Waals surface area contributed by atoms with Crippen LogP contribution in [0.4, 0.5) is 10.9 Å². The van der Waals surface area contributed by atoms with Crippen LogP contribution in [-0.4, -0.2) is 84.1 Å². The molecule has 292 valence electrons. The third-order valence-corrected chi connectivity index (χ3v) is 18.0. The van der Waals surface area contributed by atoms with E-state index >= 15 is 0 Å². The number of pyridine rings is 1. The topological polar surface area (TPSA) is 153 Å². The van der Waals surface area contributed by atoms with Crippen molar-refractivity contribution in [3.63, 3.8) is 0 Å². The average Bonchev–Trinajstić information content (AvgIpc) is 3.55. The molecule has 2 bridgehead atoms. The molecular formula is C42H54N7O4PS. The van der Waals surface area contributed by atoms with Crippen molar-refractivity contribution < 1.29 is 19.5 Å². The summed E-state index contributed by atoms with van der Waals surface area (Å²) in [7, 11) is 0.412. The Morgan fingerprint density at radius 1 is 1.05 bits per heavy atom. The number of allylic oxidation sites excluding steroid dienone is 2. The Labute approximate surface area is 328 Å². The van der Waals surface area contributed by atoms with Crippen molar-refractivity contribution in [2.45, 2.75) is 65.5 Å². The summed E-state index contributed by atoms with van der Waals surface area (Å²) in [5.74, 6) is -0.886. The zero-order valence-corrected chi connectivity index (χ0v) is 34.6. The number of para-hydroxylation sites is 1. The van der Waals surface area contributed by atoms with E-state index in [0.29, 0.717) is 53.7 Å². The standard InChI is InChI=1S/C42H54N7O4PS/c1-7-54(6)25-41(4)21-40(3,22-42(23-41,26-54)53-44-5)24-45-27(2)31(19-43)29-15-16-35(47-36(29)38(51)52)49-18-17-28-11-10-12-30(32(28)20-49)37(50)48-39-46-33-13-8-9-14-34(33)55-39/h8-16,19,43-45,54H,7,17-18,20-26H2,1-6H3,(H,51,52)(H,46,48,50)/b31-27+,43-19?. The van der Waals surface area contributed by atoms with Crippen LogP contribution >= 0.6 is 18.6 Å². The van der Waals surface area contributed by atoms with Crippen molar-refractivity contribution in [2.75, 3.05) is 55.5 Å². The normalized spacial score (nSPS) is 25.4. The van der Waals surface area contributed by atoms with E-state index in [1.807, 2.05) is 67.4 Å². The number of nitrogens with one attached hydrogen (secondary N) is 4. The monoisotopic (exact) mass is 783 g/mol. The van der Waals surface area contributed by atoms with Crippen LogP contribution in [0.5, 0.6) is 0 Å². The van der Waals surface area contributed by atoms with Crippen molar-refractivity contribution in [1.82, 2.24) is 20.8 Å². The molecule has 2 aromatic carbocycles. The van der Waals surface area contributed by atoms with Gasteiger partial charge in [0.2, 0.25) is 0 Å². The van der Waals surface area contributed by atoms with Crippen molar-refractivity contribution >= 4 is 63.4 Å². The third kappa shape index (κ3) is 7.92. The molecule has 3 unspecified atom stereocenters. The molecule has 3 aliphatic rings. The number of anilines is 2. The second-order valence-electron chi connectivity index (χ2n) is 17.1. The summed E-state index contributed by atoms with van der Waals surface area (Å²) < 4.78 is 0.999. The molecule has 13 heteroatoms. The number of carbonyl (C=O) groups excluding carboxylic acids is 1. The van der Waals surface area contributed by atoms with E-state index in [9.17, 15) is 14.7 Å². The zero-order chi connectivity index (χ0) is 39.2. The Balaban J connectivity index is 1.10. The summed E-state index contributed by atoms with van der Waals surface area (Å²) >= 11 is 1.43. The SMILES string of the molecule is CC[PH]1(C)CC2(C)CC(C)(CN/C(C)=C(\C=N)c3ccc(N4CCc5cccc(C(=O)Nc6nc7ccccc7s6)c5C4)nc3C(=O)O)CC(ONC)(C2)C1. The van der Waals surface area contributed by atoms with E-state index in [1.54, 1.807) is 6.07 Å². The van der Waals surface area contributed by atoms with Gasteiger partial charge in [-0.15, -0.1) is 0 Å². The Kier molecular flexibility index (Phi) is 10.7. The average molecular weight is 784 g/mol. The third-order valence-electron chi connectivity index (χ3n) is 12.2. The van der Waals surface area contributed by atoms with Crippen LogP contribution in [0, 0.1) is 16.2 Å². The van der Waals surface area contributed by atoms with Crippen LogP contribution in [0.25, 0.3) is 15.8 Å². The summed E-state index contributed by atoms with van der Waals surface area (Å²) in [5.41, 5.74) is 7.85. The molecule has 2 aliphatic heterocycles. The van der Waals surface area contributed by atoms with Gasteiger partial charge in [0, 0.05) is 18.7 Å². The Hall–Kier alpha value is -4.22. The van der Waals surface area contributed by atoms with Crippen molar-refractivity contribution in [2.24, 2.45) is 10.8 Å². The van der Waals surface area contributed by atoms with Crippen molar-refractivity contribution in [1.29, 1.82) is 5.41 Å². The zero-order valence-electron chi connectivity index (χ0n) is 32.8. The molecule has 2 aromatic heterocycles. The van der Waals surface area contributed by atoms with Gasteiger partial charge in [-0.3, -0.25) is 10.1 Å². The van der Waals surface area contributed by atoms with Gasteiger partial charge in [-0.25, -0.2) is 4.98 Å². The van der Waals surface area contributed by atoms with Crippen LogP contribution in [0.1, 0.15) is 84.5 Å². The second-order valence-corrected chi connectivity index (χ2v) is 23.2. The fourth-order valence-electron chi connectivity index (χ4n) is 10.5. The Morgan fingerprint density at radius 2 is 1.85 bits per heavy atom. The number of aromatic carboxylic acids is 1. The molecule has 1 saturated heterocycles. The summed E-state index contributed by atoms with van der Waals surface area (Å²) in [6.45, 7) is 13.3. The molecule has 7 rings (SSSR count). The fraction of sp³-hybridized carbons (Fsp3) is 0.452. The molecule has 4 heterocycles. The van der Waals surface area contributed by atoms with E-state index in [1.165, 1.54) is 29.9 Å². The van der Waals surface area contributed by atoms with Gasteiger partial charge in [-0.2, -0.15) is 0 Å². The second kappa shape index (κ2) is 15.0. The molecule has 55 heavy (non-hydrogen) atoms. The summed E-state index contributed by atoms with van der Waals surface area (Å²) in [6, 6.07) is 17.1. The number of hydroxylamine groups is 1. The summed E-state index contributed by atoms with van der Waals surface area (Å²) in [4.78, 5) is 44.1. The van der Waals surface area contributed by atoms with Gasteiger partial charge in [0.25, 0.3) is 5.91 Å². The number of aromatic nitrogens is 2. The minimum atomic E-state index is -1.45. The van der Waals surface area contributed by atoms with Gasteiger partial charge in [0.1, 0.15) is 0 Å². The molecule has 1 aliphatic carbocycles. The first-order valence-corrected chi connectivity index (χ1v) is 23.2. The first-order chi connectivity index (χ1) is 26.2. The molecule has 4 aromatic rings. The van der Waals surface area contributed by atoms with Gasteiger partial charge in [0.15, 0.2) is 5.13 Å². The van der Waals surface area contributed by atoms with Gasteiger partial charge >= 0.3 is 198 Å². The molecule has 11 nitrogen and oxygen atoms in total. The van der Waals surface area contributed by atoms with Gasteiger partial charge in [-0.1, -0.05) is 35.6 Å². The van der Waals surface area contributed by atoms with Crippen LogP contribution in [0.3, 0.4) is 0 Å². The number of carbonyl (C=O) groups is 2. The number of carboxylic acids is 1. The molecule has 1 amide bonds. The maximum absolute atomic E-state index is 13.6. The number of carboxylic acid groups (broad SMARTS) is 1. The van der Waals surface area contributed by atoms with Crippen molar-refractivity contribution in [3.8, 4) is 0 Å². The number of hydrogen-bond donors (Lipinski definition) is 5. The molecular weight excluding hydrogens is 730 g/mol. The minimum absolute atomic E-state index is 0.0614. The Morgan fingerprint density at radius 3 is 2.58 bits per heavy atom. The molecule has 5 N–H and O–H groups in total. The van der Waals surface area contributed by atoms with Crippen molar-refractivity contribution in [3.05, 3.63) is 88.2 Å². The fourth-order valence-corrected chi connectivity index (χ4v) is 16.2. The van der Waals surface area contributed by atoms with Crippen LogP contribution in [0.2, 0.25) is 0 Å².